The van der Waals surface area contributed by atoms with Crippen LogP contribution < -0.4 is 10.5 Å². The maximum atomic E-state index is 5.79. The van der Waals surface area contributed by atoms with Crippen LogP contribution in [0, 0.1) is 0 Å². The van der Waals surface area contributed by atoms with E-state index in [0.717, 1.165) is 38.0 Å². The summed E-state index contributed by atoms with van der Waals surface area (Å²) in [6.07, 6.45) is 6.78. The van der Waals surface area contributed by atoms with Crippen LogP contribution in [0.15, 0.2) is 30.3 Å². The fourth-order valence-corrected chi connectivity index (χ4v) is 2.89. The SMILES string of the molecule is NCCN(CCOc1ccccc1)C1CCCCC1. The lowest BCUT2D eigenvalue weighted by Crippen LogP contribution is -2.42. The van der Waals surface area contributed by atoms with Crippen LogP contribution in [0.3, 0.4) is 0 Å². The van der Waals surface area contributed by atoms with Crippen LogP contribution in [-0.2, 0) is 0 Å². The van der Waals surface area contributed by atoms with E-state index < -0.39 is 0 Å². The molecule has 19 heavy (non-hydrogen) atoms. The fourth-order valence-electron chi connectivity index (χ4n) is 2.89. The highest BCUT2D eigenvalue weighted by Gasteiger charge is 2.20. The van der Waals surface area contributed by atoms with Gasteiger partial charge in [-0.1, -0.05) is 37.5 Å². The molecule has 0 amide bonds. The molecule has 3 heteroatoms. The Morgan fingerprint density at radius 1 is 1.05 bits per heavy atom. The summed E-state index contributed by atoms with van der Waals surface area (Å²) in [5, 5.41) is 0. The number of benzene rings is 1. The molecule has 0 aromatic heterocycles. The molecule has 0 radical (unpaired) electrons. The molecule has 106 valence electrons. The largest absolute Gasteiger partial charge is 0.492 e. The molecule has 0 aliphatic heterocycles. The van der Waals surface area contributed by atoms with E-state index in [-0.39, 0.29) is 0 Å². The molecule has 2 rings (SSSR count). The standard InChI is InChI=1S/C16H26N2O/c17-11-12-18(15-7-3-1-4-8-15)13-14-19-16-9-5-2-6-10-16/h2,5-6,9-10,15H,1,3-4,7-8,11-14,17H2. The summed E-state index contributed by atoms with van der Waals surface area (Å²) in [6.45, 7) is 3.46. The Balaban J connectivity index is 1.76. The van der Waals surface area contributed by atoms with E-state index in [2.05, 4.69) is 4.90 Å². The van der Waals surface area contributed by atoms with Gasteiger partial charge < -0.3 is 10.5 Å². The Hall–Kier alpha value is -1.06. The quantitative estimate of drug-likeness (QED) is 0.821. The minimum absolute atomic E-state index is 0.719. The normalized spacial score (nSPS) is 16.7. The molecule has 0 bridgehead atoms. The van der Waals surface area contributed by atoms with E-state index in [0.29, 0.717) is 0 Å². The summed E-state index contributed by atoms with van der Waals surface area (Å²) in [4.78, 5) is 2.52. The van der Waals surface area contributed by atoms with Gasteiger partial charge in [0.25, 0.3) is 0 Å². The third-order valence-corrected chi connectivity index (χ3v) is 3.90. The van der Waals surface area contributed by atoms with Crippen LogP contribution in [0.2, 0.25) is 0 Å². The topological polar surface area (TPSA) is 38.5 Å². The van der Waals surface area contributed by atoms with E-state index in [4.69, 9.17) is 10.5 Å². The number of hydrogen-bond acceptors (Lipinski definition) is 3. The summed E-state index contributed by atoms with van der Waals surface area (Å²) in [7, 11) is 0. The minimum Gasteiger partial charge on any atom is -0.492 e. The first-order valence-corrected chi connectivity index (χ1v) is 7.52. The lowest BCUT2D eigenvalue weighted by atomic mass is 9.94. The van der Waals surface area contributed by atoms with Crippen molar-refractivity contribution in [1.82, 2.24) is 4.90 Å². The zero-order valence-corrected chi connectivity index (χ0v) is 11.8. The number of ether oxygens (including phenoxy) is 1. The Kier molecular flexibility index (Phi) is 6.18. The Morgan fingerprint density at radius 2 is 1.79 bits per heavy atom. The second-order valence-corrected chi connectivity index (χ2v) is 5.28. The van der Waals surface area contributed by atoms with Gasteiger partial charge in [-0.3, -0.25) is 4.90 Å². The van der Waals surface area contributed by atoms with Crippen LogP contribution in [-0.4, -0.2) is 37.2 Å². The molecular weight excluding hydrogens is 236 g/mol. The van der Waals surface area contributed by atoms with Crippen molar-refractivity contribution in [3.8, 4) is 5.75 Å². The van der Waals surface area contributed by atoms with Gasteiger partial charge in [0.2, 0.25) is 0 Å². The van der Waals surface area contributed by atoms with Crippen molar-refractivity contribution < 1.29 is 4.74 Å². The molecule has 0 unspecified atom stereocenters. The average molecular weight is 262 g/mol. The number of nitrogens with two attached hydrogens (primary N) is 1. The molecule has 1 saturated carbocycles. The number of nitrogens with zero attached hydrogens (tertiary/aromatic N) is 1. The van der Waals surface area contributed by atoms with Gasteiger partial charge in [0.15, 0.2) is 0 Å². The fraction of sp³-hybridized carbons (Fsp3) is 0.625. The van der Waals surface area contributed by atoms with Gasteiger partial charge >= 0.3 is 0 Å². The molecule has 1 aromatic rings. The van der Waals surface area contributed by atoms with Crippen LogP contribution in [0.25, 0.3) is 0 Å². The summed E-state index contributed by atoms with van der Waals surface area (Å²) in [6, 6.07) is 10.8. The first kappa shape index (κ1) is 14.4. The Bertz CT molecular complexity index is 336. The minimum atomic E-state index is 0.719. The van der Waals surface area contributed by atoms with Gasteiger partial charge in [-0.2, -0.15) is 0 Å². The molecule has 2 N–H and O–H groups in total. The monoisotopic (exact) mass is 262 g/mol. The second-order valence-electron chi connectivity index (χ2n) is 5.28. The van der Waals surface area contributed by atoms with E-state index in [9.17, 15) is 0 Å². The first-order chi connectivity index (χ1) is 9.40. The summed E-state index contributed by atoms with van der Waals surface area (Å²) in [5.74, 6) is 0.957. The van der Waals surface area contributed by atoms with Crippen molar-refractivity contribution in [3.63, 3.8) is 0 Å². The molecule has 0 heterocycles. The summed E-state index contributed by atoms with van der Waals surface area (Å²) >= 11 is 0. The van der Waals surface area contributed by atoms with Crippen LogP contribution in [0.1, 0.15) is 32.1 Å². The highest BCUT2D eigenvalue weighted by atomic mass is 16.5. The van der Waals surface area contributed by atoms with Crippen molar-refractivity contribution in [3.05, 3.63) is 30.3 Å². The van der Waals surface area contributed by atoms with Gasteiger partial charge in [0.05, 0.1) is 0 Å². The lowest BCUT2D eigenvalue weighted by molar-refractivity contribution is 0.134. The number of rotatable bonds is 7. The van der Waals surface area contributed by atoms with Crippen LogP contribution >= 0.6 is 0 Å². The second kappa shape index (κ2) is 8.18. The molecule has 1 aliphatic rings. The van der Waals surface area contributed by atoms with E-state index >= 15 is 0 Å². The zero-order valence-electron chi connectivity index (χ0n) is 11.8. The zero-order chi connectivity index (χ0) is 13.3. The molecule has 3 nitrogen and oxygen atoms in total. The molecule has 1 fully saturated rings. The van der Waals surface area contributed by atoms with Gasteiger partial charge in [0, 0.05) is 25.7 Å². The van der Waals surface area contributed by atoms with Gasteiger partial charge in [-0.05, 0) is 25.0 Å². The molecule has 0 atom stereocenters. The highest BCUT2D eigenvalue weighted by molar-refractivity contribution is 5.20. The predicted octanol–water partition coefficient (Wildman–Crippen LogP) is 2.66. The third-order valence-electron chi connectivity index (χ3n) is 3.90. The van der Waals surface area contributed by atoms with Gasteiger partial charge in [-0.25, -0.2) is 0 Å². The third kappa shape index (κ3) is 4.84. The van der Waals surface area contributed by atoms with E-state index in [1.54, 1.807) is 0 Å². The van der Waals surface area contributed by atoms with Crippen molar-refractivity contribution in [2.75, 3.05) is 26.2 Å². The maximum Gasteiger partial charge on any atom is 0.119 e. The highest BCUT2D eigenvalue weighted by Crippen LogP contribution is 2.22. The number of hydrogen-bond donors (Lipinski definition) is 1. The molecular formula is C16H26N2O. The first-order valence-electron chi connectivity index (χ1n) is 7.52. The van der Waals surface area contributed by atoms with Crippen molar-refractivity contribution in [1.29, 1.82) is 0 Å². The molecule has 1 aromatic carbocycles. The maximum absolute atomic E-state index is 5.79. The summed E-state index contributed by atoms with van der Waals surface area (Å²) in [5.41, 5.74) is 5.74. The summed E-state index contributed by atoms with van der Waals surface area (Å²) < 4.78 is 5.79. The average Bonchev–Trinajstić information content (AvgIpc) is 2.48. The van der Waals surface area contributed by atoms with Crippen molar-refractivity contribution >= 4 is 0 Å². The van der Waals surface area contributed by atoms with Crippen molar-refractivity contribution in [2.45, 2.75) is 38.1 Å². The van der Waals surface area contributed by atoms with Crippen LogP contribution in [0.4, 0.5) is 0 Å². The van der Waals surface area contributed by atoms with Gasteiger partial charge in [-0.15, -0.1) is 0 Å². The number of para-hydroxylation sites is 1. The smallest absolute Gasteiger partial charge is 0.119 e. The van der Waals surface area contributed by atoms with Gasteiger partial charge in [0.1, 0.15) is 12.4 Å². The Morgan fingerprint density at radius 3 is 2.47 bits per heavy atom. The van der Waals surface area contributed by atoms with Crippen LogP contribution in [0.5, 0.6) is 5.75 Å². The lowest BCUT2D eigenvalue weighted by Gasteiger charge is -2.34. The van der Waals surface area contributed by atoms with Crippen molar-refractivity contribution in [2.24, 2.45) is 5.73 Å². The van der Waals surface area contributed by atoms with E-state index in [1.165, 1.54) is 32.1 Å². The predicted molar refractivity (Wildman–Crippen MR) is 79.4 cm³/mol. The Labute approximate surface area is 116 Å². The van der Waals surface area contributed by atoms with E-state index in [1.807, 2.05) is 30.3 Å². The molecule has 0 spiro atoms. The molecule has 1 aliphatic carbocycles. The molecule has 0 saturated heterocycles.